The third-order valence-electron chi connectivity index (χ3n) is 2.52. The van der Waals surface area contributed by atoms with Crippen LogP contribution in [0.5, 0.6) is 0 Å². The van der Waals surface area contributed by atoms with Gasteiger partial charge in [0, 0.05) is 23.7 Å². The normalized spacial score (nSPS) is 15.2. The summed E-state index contributed by atoms with van der Waals surface area (Å²) in [4.78, 5) is 3.16. The maximum Gasteiger partial charge on any atom is 0.147 e. The number of nitrogens with zero attached hydrogens (tertiary/aromatic N) is 1. The highest BCUT2D eigenvalue weighted by Crippen LogP contribution is 2.36. The zero-order chi connectivity index (χ0) is 10.7. The van der Waals surface area contributed by atoms with E-state index in [1.165, 1.54) is 6.07 Å². The van der Waals surface area contributed by atoms with E-state index < -0.39 is 0 Å². The van der Waals surface area contributed by atoms with Gasteiger partial charge in [0.1, 0.15) is 5.82 Å². The number of halogens is 1. The number of thioether (sulfide) groups is 1. The van der Waals surface area contributed by atoms with Crippen LogP contribution in [-0.4, -0.2) is 25.4 Å². The van der Waals surface area contributed by atoms with Crippen molar-refractivity contribution in [1.82, 2.24) is 0 Å². The number of benzene rings is 1. The Balaban J connectivity index is 2.24. The second-order valence-electron chi connectivity index (χ2n) is 3.56. The lowest BCUT2D eigenvalue weighted by atomic mass is 10.2. The molecule has 2 rings (SSSR count). The average Bonchev–Trinajstić information content (AvgIpc) is 2.26. The van der Waals surface area contributed by atoms with E-state index in [0.29, 0.717) is 6.54 Å². The Labute approximate surface area is 93.6 Å². The van der Waals surface area contributed by atoms with Crippen molar-refractivity contribution in [3.8, 4) is 0 Å². The first-order valence-corrected chi connectivity index (χ1v) is 6.18. The van der Waals surface area contributed by atoms with Crippen LogP contribution in [0.2, 0.25) is 0 Å². The van der Waals surface area contributed by atoms with Gasteiger partial charge < -0.3 is 10.6 Å². The Morgan fingerprint density at radius 1 is 1.47 bits per heavy atom. The van der Waals surface area contributed by atoms with Crippen LogP contribution in [0, 0.1) is 5.82 Å². The molecule has 0 saturated carbocycles. The molecule has 1 aliphatic rings. The predicted octanol–water partition coefficient (Wildman–Crippen LogP) is 2.09. The standard InChI is InChI=1S/C11H15FN2S/c12-9-3-1-4-10-11(9)14(6-2-5-13)7-8-15-10/h1,3-4H,2,5-8,13H2. The van der Waals surface area contributed by atoms with Crippen molar-refractivity contribution < 1.29 is 4.39 Å². The quantitative estimate of drug-likeness (QED) is 0.855. The maximum absolute atomic E-state index is 13.7. The highest BCUT2D eigenvalue weighted by molar-refractivity contribution is 7.99. The minimum atomic E-state index is -0.114. The molecule has 1 aromatic carbocycles. The minimum Gasteiger partial charge on any atom is -0.367 e. The number of anilines is 1. The van der Waals surface area contributed by atoms with E-state index in [0.717, 1.165) is 35.8 Å². The van der Waals surface area contributed by atoms with Gasteiger partial charge >= 0.3 is 0 Å². The van der Waals surface area contributed by atoms with E-state index in [4.69, 9.17) is 5.73 Å². The van der Waals surface area contributed by atoms with Crippen LogP contribution in [-0.2, 0) is 0 Å². The molecule has 4 heteroatoms. The molecule has 0 saturated heterocycles. The van der Waals surface area contributed by atoms with E-state index >= 15 is 0 Å². The molecule has 0 aromatic heterocycles. The van der Waals surface area contributed by atoms with Gasteiger partial charge in [-0.2, -0.15) is 0 Å². The Hall–Kier alpha value is -0.740. The van der Waals surface area contributed by atoms with Crippen molar-refractivity contribution in [2.24, 2.45) is 5.73 Å². The zero-order valence-corrected chi connectivity index (χ0v) is 9.39. The zero-order valence-electron chi connectivity index (χ0n) is 8.58. The molecule has 82 valence electrons. The Morgan fingerprint density at radius 3 is 3.13 bits per heavy atom. The topological polar surface area (TPSA) is 29.3 Å². The van der Waals surface area contributed by atoms with Gasteiger partial charge in [-0.1, -0.05) is 6.07 Å². The first-order valence-electron chi connectivity index (χ1n) is 5.19. The molecule has 0 amide bonds. The molecule has 2 nitrogen and oxygen atoms in total. The van der Waals surface area contributed by atoms with Gasteiger partial charge in [-0.3, -0.25) is 0 Å². The monoisotopic (exact) mass is 226 g/mol. The van der Waals surface area contributed by atoms with Crippen LogP contribution in [0.1, 0.15) is 6.42 Å². The van der Waals surface area contributed by atoms with Crippen LogP contribution >= 0.6 is 11.8 Å². The van der Waals surface area contributed by atoms with E-state index in [1.54, 1.807) is 17.8 Å². The lowest BCUT2D eigenvalue weighted by Crippen LogP contribution is -2.32. The third-order valence-corrected chi connectivity index (χ3v) is 3.54. The van der Waals surface area contributed by atoms with Gasteiger partial charge in [0.25, 0.3) is 0 Å². The Morgan fingerprint density at radius 2 is 2.33 bits per heavy atom. The molecular weight excluding hydrogens is 211 g/mol. The summed E-state index contributed by atoms with van der Waals surface area (Å²) >= 11 is 1.73. The van der Waals surface area contributed by atoms with Crippen LogP contribution < -0.4 is 10.6 Å². The van der Waals surface area contributed by atoms with Crippen molar-refractivity contribution in [3.05, 3.63) is 24.0 Å². The molecule has 0 radical (unpaired) electrons. The number of rotatable bonds is 3. The van der Waals surface area contributed by atoms with Crippen molar-refractivity contribution >= 4 is 17.4 Å². The van der Waals surface area contributed by atoms with Crippen LogP contribution in [0.15, 0.2) is 23.1 Å². The summed E-state index contributed by atoms with van der Waals surface area (Å²) in [5.74, 6) is 0.915. The highest BCUT2D eigenvalue weighted by atomic mass is 32.2. The molecule has 0 bridgehead atoms. The van der Waals surface area contributed by atoms with E-state index in [2.05, 4.69) is 4.90 Å². The summed E-state index contributed by atoms with van der Waals surface area (Å²) < 4.78 is 13.7. The van der Waals surface area contributed by atoms with Crippen molar-refractivity contribution in [2.75, 3.05) is 30.3 Å². The van der Waals surface area contributed by atoms with Gasteiger partial charge in [-0.15, -0.1) is 11.8 Å². The minimum absolute atomic E-state index is 0.114. The first kappa shape index (κ1) is 10.8. The van der Waals surface area contributed by atoms with Crippen molar-refractivity contribution in [2.45, 2.75) is 11.3 Å². The summed E-state index contributed by atoms with van der Waals surface area (Å²) in [5, 5.41) is 0. The number of hydrogen-bond donors (Lipinski definition) is 1. The second-order valence-corrected chi connectivity index (χ2v) is 4.70. The molecule has 2 N–H and O–H groups in total. The number of hydrogen-bond acceptors (Lipinski definition) is 3. The molecule has 15 heavy (non-hydrogen) atoms. The van der Waals surface area contributed by atoms with Crippen molar-refractivity contribution in [3.63, 3.8) is 0 Å². The summed E-state index contributed by atoms with van der Waals surface area (Å²) in [6.45, 7) is 2.43. The molecule has 0 unspecified atom stereocenters. The van der Waals surface area contributed by atoms with E-state index in [9.17, 15) is 4.39 Å². The predicted molar refractivity (Wildman–Crippen MR) is 63.0 cm³/mol. The van der Waals surface area contributed by atoms with E-state index in [-0.39, 0.29) is 5.82 Å². The Kier molecular flexibility index (Phi) is 3.49. The van der Waals surface area contributed by atoms with Gasteiger partial charge in [0.15, 0.2) is 0 Å². The molecule has 0 fully saturated rings. The molecule has 0 atom stereocenters. The van der Waals surface area contributed by atoms with Gasteiger partial charge in [0.05, 0.1) is 5.69 Å². The fourth-order valence-electron chi connectivity index (χ4n) is 1.80. The van der Waals surface area contributed by atoms with Crippen LogP contribution in [0.4, 0.5) is 10.1 Å². The SMILES string of the molecule is NCCCN1CCSc2cccc(F)c21. The summed E-state index contributed by atoms with van der Waals surface area (Å²) in [6, 6.07) is 5.28. The molecular formula is C11H15FN2S. The van der Waals surface area contributed by atoms with Gasteiger partial charge in [-0.25, -0.2) is 4.39 Å². The average molecular weight is 226 g/mol. The lowest BCUT2D eigenvalue weighted by molar-refractivity contribution is 0.609. The molecule has 0 aliphatic carbocycles. The summed E-state index contributed by atoms with van der Waals surface area (Å²) in [5.41, 5.74) is 6.24. The number of fused-ring (bicyclic) bond motifs is 1. The largest absolute Gasteiger partial charge is 0.367 e. The Bertz CT molecular complexity index is 343. The fraction of sp³-hybridized carbons (Fsp3) is 0.455. The third kappa shape index (κ3) is 2.26. The number of para-hydroxylation sites is 1. The second kappa shape index (κ2) is 4.86. The molecule has 1 heterocycles. The molecule has 0 spiro atoms. The number of nitrogens with two attached hydrogens (primary N) is 1. The van der Waals surface area contributed by atoms with Gasteiger partial charge in [-0.05, 0) is 25.1 Å². The van der Waals surface area contributed by atoms with Gasteiger partial charge in [0.2, 0.25) is 0 Å². The summed E-state index contributed by atoms with van der Waals surface area (Å²) in [6.07, 6.45) is 0.915. The smallest absolute Gasteiger partial charge is 0.147 e. The van der Waals surface area contributed by atoms with Crippen LogP contribution in [0.25, 0.3) is 0 Å². The molecule has 1 aromatic rings. The highest BCUT2D eigenvalue weighted by Gasteiger charge is 2.20. The lowest BCUT2D eigenvalue weighted by Gasteiger charge is -2.30. The van der Waals surface area contributed by atoms with Crippen molar-refractivity contribution in [1.29, 1.82) is 0 Å². The fourth-order valence-corrected chi connectivity index (χ4v) is 2.87. The van der Waals surface area contributed by atoms with E-state index in [1.807, 2.05) is 6.07 Å². The summed E-state index contributed by atoms with van der Waals surface area (Å²) in [7, 11) is 0. The first-order chi connectivity index (χ1) is 7.33. The van der Waals surface area contributed by atoms with Crippen LogP contribution in [0.3, 0.4) is 0 Å². The molecule has 1 aliphatic heterocycles. The maximum atomic E-state index is 13.7.